The van der Waals surface area contributed by atoms with Crippen molar-refractivity contribution in [3.05, 3.63) is 29.8 Å². The average Bonchev–Trinajstić information content (AvgIpc) is 2.72. The molecule has 0 aliphatic carbocycles. The summed E-state index contributed by atoms with van der Waals surface area (Å²) in [4.78, 5) is 24.7. The first-order chi connectivity index (χ1) is 10.9. The molecule has 0 saturated carbocycles. The van der Waals surface area contributed by atoms with Gasteiger partial charge in [0.25, 0.3) is 15.9 Å². The third kappa shape index (κ3) is 3.24. The van der Waals surface area contributed by atoms with Crippen LogP contribution in [0, 0.1) is 0 Å². The van der Waals surface area contributed by atoms with Crippen LogP contribution in [0.3, 0.4) is 0 Å². The van der Waals surface area contributed by atoms with E-state index >= 15 is 0 Å². The van der Waals surface area contributed by atoms with Crippen LogP contribution in [0.5, 0.6) is 0 Å². The Morgan fingerprint density at radius 3 is 2.52 bits per heavy atom. The van der Waals surface area contributed by atoms with Gasteiger partial charge < -0.3 is 4.74 Å². The maximum Gasteiger partial charge on any atom is 0.330 e. The number of rotatable bonds is 7. The SMILES string of the molecule is CCCCC[C@H](C(=O)OCC)N1C(=O)c2ccccc2S1(=O)=O. The molecule has 1 aliphatic heterocycles. The number of amides is 1. The molecule has 0 spiro atoms. The molecule has 1 aliphatic rings. The van der Waals surface area contributed by atoms with Crippen molar-refractivity contribution in [2.45, 2.75) is 50.5 Å². The van der Waals surface area contributed by atoms with Crippen LogP contribution in [0.25, 0.3) is 0 Å². The molecular weight excluding hydrogens is 318 g/mol. The lowest BCUT2D eigenvalue weighted by molar-refractivity contribution is -0.147. The van der Waals surface area contributed by atoms with Crippen LogP contribution in [0.1, 0.15) is 49.9 Å². The zero-order chi connectivity index (χ0) is 17.0. The second-order valence-electron chi connectivity index (χ2n) is 5.37. The first-order valence-electron chi connectivity index (χ1n) is 7.79. The molecule has 0 bridgehead atoms. The number of esters is 1. The predicted octanol–water partition coefficient (Wildman–Crippen LogP) is 2.34. The highest BCUT2D eigenvalue weighted by Crippen LogP contribution is 2.33. The first kappa shape index (κ1) is 17.5. The molecule has 0 N–H and O–H groups in total. The monoisotopic (exact) mass is 339 g/mol. The van der Waals surface area contributed by atoms with Gasteiger partial charge in [-0.2, -0.15) is 0 Å². The van der Waals surface area contributed by atoms with Gasteiger partial charge in [0, 0.05) is 0 Å². The second kappa shape index (κ2) is 7.12. The minimum atomic E-state index is -4.01. The normalized spacial score (nSPS) is 17.0. The summed E-state index contributed by atoms with van der Waals surface area (Å²) in [5, 5.41) is 0. The highest BCUT2D eigenvalue weighted by atomic mass is 32.2. The number of ether oxygens (including phenoxy) is 1. The number of benzene rings is 1. The number of hydrogen-bond donors (Lipinski definition) is 0. The first-order valence-corrected chi connectivity index (χ1v) is 9.23. The van der Waals surface area contributed by atoms with E-state index < -0.39 is 27.9 Å². The minimum absolute atomic E-state index is 0.0465. The summed E-state index contributed by atoms with van der Waals surface area (Å²) in [6.07, 6.45) is 2.70. The average molecular weight is 339 g/mol. The molecule has 1 amide bonds. The van der Waals surface area contributed by atoms with Gasteiger partial charge in [0.2, 0.25) is 0 Å². The van der Waals surface area contributed by atoms with E-state index in [1.807, 2.05) is 6.92 Å². The Morgan fingerprint density at radius 2 is 1.91 bits per heavy atom. The van der Waals surface area contributed by atoms with E-state index in [1.165, 1.54) is 12.1 Å². The summed E-state index contributed by atoms with van der Waals surface area (Å²) in [6.45, 7) is 3.79. The van der Waals surface area contributed by atoms with Crippen LogP contribution in [0.4, 0.5) is 0 Å². The van der Waals surface area contributed by atoms with E-state index in [-0.39, 0.29) is 23.5 Å². The highest BCUT2D eigenvalue weighted by molar-refractivity contribution is 7.90. The molecule has 23 heavy (non-hydrogen) atoms. The van der Waals surface area contributed by atoms with Crippen LogP contribution >= 0.6 is 0 Å². The number of nitrogens with zero attached hydrogens (tertiary/aromatic N) is 1. The number of carbonyl (C=O) groups excluding carboxylic acids is 2. The molecular formula is C16H21NO5S. The van der Waals surface area contributed by atoms with Gasteiger partial charge in [0.05, 0.1) is 12.2 Å². The predicted molar refractivity (Wildman–Crippen MR) is 84.4 cm³/mol. The standard InChI is InChI=1S/C16H21NO5S/c1-3-5-6-10-13(16(19)22-4-2)17-15(18)12-9-7-8-11-14(12)23(17,20)21/h7-9,11,13H,3-6,10H2,1-2H3/t13-/m1/s1. The lowest BCUT2D eigenvalue weighted by Crippen LogP contribution is -2.45. The van der Waals surface area contributed by atoms with Crippen LogP contribution in [0.15, 0.2) is 29.2 Å². The zero-order valence-corrected chi connectivity index (χ0v) is 14.1. The Bertz CT molecular complexity index is 698. The third-order valence-electron chi connectivity index (χ3n) is 3.78. The zero-order valence-electron chi connectivity index (χ0n) is 13.3. The number of unbranched alkanes of at least 4 members (excludes halogenated alkanes) is 2. The summed E-state index contributed by atoms with van der Waals surface area (Å²) in [5.41, 5.74) is 0.109. The van der Waals surface area contributed by atoms with Crippen LogP contribution in [0.2, 0.25) is 0 Å². The van der Waals surface area contributed by atoms with Crippen molar-refractivity contribution < 1.29 is 22.7 Å². The second-order valence-corrected chi connectivity index (χ2v) is 7.15. The van der Waals surface area contributed by atoms with Crippen molar-refractivity contribution in [1.82, 2.24) is 4.31 Å². The van der Waals surface area contributed by atoms with Crippen molar-refractivity contribution in [3.8, 4) is 0 Å². The Kier molecular flexibility index (Phi) is 5.41. The smallest absolute Gasteiger partial charge is 0.330 e. The molecule has 0 fully saturated rings. The molecule has 1 aromatic carbocycles. The summed E-state index contributed by atoms with van der Waals surface area (Å²) in [5.74, 6) is -1.33. The Hall–Kier alpha value is -1.89. The van der Waals surface area contributed by atoms with Crippen LogP contribution in [-0.2, 0) is 19.6 Å². The Labute approximate surface area is 136 Å². The van der Waals surface area contributed by atoms with E-state index in [9.17, 15) is 18.0 Å². The van der Waals surface area contributed by atoms with Crippen molar-refractivity contribution in [3.63, 3.8) is 0 Å². The maximum absolute atomic E-state index is 12.7. The molecule has 7 heteroatoms. The topological polar surface area (TPSA) is 80.8 Å². The summed E-state index contributed by atoms with van der Waals surface area (Å²) in [7, 11) is -4.01. The van der Waals surface area contributed by atoms with Gasteiger partial charge in [-0.1, -0.05) is 38.3 Å². The van der Waals surface area contributed by atoms with Gasteiger partial charge in [-0.05, 0) is 25.5 Å². The van der Waals surface area contributed by atoms with Gasteiger partial charge in [0.15, 0.2) is 0 Å². The van der Waals surface area contributed by atoms with E-state index in [0.717, 1.165) is 12.8 Å². The lowest BCUT2D eigenvalue weighted by atomic mass is 10.1. The van der Waals surface area contributed by atoms with Crippen molar-refractivity contribution in [2.75, 3.05) is 6.61 Å². The molecule has 0 radical (unpaired) electrons. The van der Waals surface area contributed by atoms with Gasteiger partial charge in [-0.3, -0.25) is 4.79 Å². The van der Waals surface area contributed by atoms with E-state index in [1.54, 1.807) is 19.1 Å². The van der Waals surface area contributed by atoms with Gasteiger partial charge >= 0.3 is 5.97 Å². The van der Waals surface area contributed by atoms with Crippen LogP contribution in [-0.4, -0.2) is 37.2 Å². The Balaban J connectivity index is 2.39. The van der Waals surface area contributed by atoms with Gasteiger partial charge in [-0.15, -0.1) is 0 Å². The molecule has 1 atom stereocenters. The number of carbonyl (C=O) groups is 2. The number of hydrogen-bond acceptors (Lipinski definition) is 5. The van der Waals surface area contributed by atoms with Gasteiger partial charge in [0.1, 0.15) is 10.9 Å². The molecule has 1 aromatic rings. The van der Waals surface area contributed by atoms with E-state index in [0.29, 0.717) is 10.7 Å². The largest absolute Gasteiger partial charge is 0.464 e. The summed E-state index contributed by atoms with van der Waals surface area (Å²) < 4.78 is 31.0. The Morgan fingerprint density at radius 1 is 1.22 bits per heavy atom. The maximum atomic E-state index is 12.7. The fraction of sp³-hybridized carbons (Fsp3) is 0.500. The summed E-state index contributed by atoms with van der Waals surface area (Å²) >= 11 is 0. The number of fused-ring (bicyclic) bond motifs is 1. The van der Waals surface area contributed by atoms with Crippen molar-refractivity contribution in [2.24, 2.45) is 0 Å². The molecule has 6 nitrogen and oxygen atoms in total. The summed E-state index contributed by atoms with van der Waals surface area (Å²) in [6, 6.07) is 4.90. The van der Waals surface area contributed by atoms with Crippen molar-refractivity contribution in [1.29, 1.82) is 0 Å². The van der Waals surface area contributed by atoms with E-state index in [2.05, 4.69) is 0 Å². The highest BCUT2D eigenvalue weighted by Gasteiger charge is 2.47. The molecule has 126 valence electrons. The molecule has 0 saturated heterocycles. The van der Waals surface area contributed by atoms with Crippen molar-refractivity contribution >= 4 is 21.9 Å². The number of sulfonamides is 1. The van der Waals surface area contributed by atoms with Crippen LogP contribution < -0.4 is 0 Å². The van der Waals surface area contributed by atoms with Gasteiger partial charge in [-0.25, -0.2) is 17.5 Å². The van der Waals surface area contributed by atoms with E-state index in [4.69, 9.17) is 4.74 Å². The fourth-order valence-corrected chi connectivity index (χ4v) is 4.41. The third-order valence-corrected chi connectivity index (χ3v) is 5.63. The quantitative estimate of drug-likeness (QED) is 0.562. The lowest BCUT2D eigenvalue weighted by Gasteiger charge is -2.24. The minimum Gasteiger partial charge on any atom is -0.464 e. The molecule has 0 unspecified atom stereocenters. The molecule has 2 rings (SSSR count). The molecule has 0 aromatic heterocycles. The molecule has 1 heterocycles. The fourth-order valence-electron chi connectivity index (χ4n) is 2.67.